The van der Waals surface area contributed by atoms with Gasteiger partial charge in [0.15, 0.2) is 5.78 Å². The van der Waals surface area contributed by atoms with Crippen LogP contribution in [0.3, 0.4) is 0 Å². The van der Waals surface area contributed by atoms with E-state index in [1.807, 2.05) is 54.6 Å². The number of nitrogens with zero attached hydrogens (tertiary/aromatic N) is 1. The van der Waals surface area contributed by atoms with Crippen molar-refractivity contribution in [2.75, 3.05) is 33.1 Å². The van der Waals surface area contributed by atoms with Crippen LogP contribution in [0.15, 0.2) is 78.4 Å². The molecule has 2 spiro atoms. The number of methoxy groups -OCH3 is 1. The fourth-order valence-electron chi connectivity index (χ4n) is 11.3. The fraction of sp³-hybridized carbons (Fsp3) is 0.575. The predicted octanol–water partition coefficient (Wildman–Crippen LogP) is 6.43. The molecule has 2 N–H and O–H groups in total. The summed E-state index contributed by atoms with van der Waals surface area (Å²) in [4.78, 5) is 15.3. The second kappa shape index (κ2) is 11.7. The van der Waals surface area contributed by atoms with Crippen molar-refractivity contribution in [1.82, 2.24) is 4.31 Å². The maximum Gasteiger partial charge on any atom is 0.211 e. The number of Topliss-reactive ketones (excluding diaryl/α,β-unsaturated/α-hetero) is 1. The van der Waals surface area contributed by atoms with Gasteiger partial charge in [0.2, 0.25) is 10.0 Å². The summed E-state index contributed by atoms with van der Waals surface area (Å²) in [6.45, 7) is 5.29. The minimum absolute atomic E-state index is 0.0160. The molecule has 0 heterocycles. The van der Waals surface area contributed by atoms with Gasteiger partial charge in [-0.25, -0.2) is 8.42 Å². The molecule has 6 aliphatic carbocycles. The van der Waals surface area contributed by atoms with Gasteiger partial charge < -0.3 is 14.9 Å². The van der Waals surface area contributed by atoms with Crippen molar-refractivity contribution in [3.05, 3.63) is 84.0 Å². The fourth-order valence-corrected chi connectivity index (χ4v) is 12.2. The third kappa shape index (κ3) is 4.80. The number of ether oxygens (including phenoxy) is 1. The van der Waals surface area contributed by atoms with Gasteiger partial charge in [-0.1, -0.05) is 86.7 Å². The molecule has 7 nitrogen and oxygen atoms in total. The summed E-state index contributed by atoms with van der Waals surface area (Å²) >= 11 is 0. The Bertz CT molecular complexity index is 1760. The SMILES string of the molecule is COCCCN(C[C@]1(O)CC[C@H]2[C@]34C=C[C@@]5(C=C3C(=O)c3ccccc3-c3ccccc3)CC(O)CC[C@]5(C)[C@H]4CC[C@@]21C)S(C)(=O)=O. The number of sulfonamides is 1. The first-order chi connectivity index (χ1) is 22.7. The van der Waals surface area contributed by atoms with Gasteiger partial charge in [-0.15, -0.1) is 0 Å². The van der Waals surface area contributed by atoms with E-state index in [0.29, 0.717) is 37.9 Å². The van der Waals surface area contributed by atoms with Gasteiger partial charge in [-0.2, -0.15) is 4.31 Å². The molecule has 3 saturated carbocycles. The van der Waals surface area contributed by atoms with Crippen LogP contribution in [-0.2, 0) is 14.8 Å². The molecule has 0 aromatic heterocycles. The predicted molar refractivity (Wildman–Crippen MR) is 188 cm³/mol. The van der Waals surface area contributed by atoms with Gasteiger partial charge in [0.05, 0.1) is 18.0 Å². The van der Waals surface area contributed by atoms with Gasteiger partial charge >= 0.3 is 0 Å². The summed E-state index contributed by atoms with van der Waals surface area (Å²) < 4.78 is 32.7. The standard InChI is InChI=1S/C40H51NO6S/c1-36-18-15-29(42)25-38(36)21-22-40(32(26-38)35(43)31-14-9-8-13-30(31)28-11-6-5-7-12-28)33(36)16-19-37(2)34(40)17-20-39(37,44)27-41(48(4,45)46)23-10-24-47-3/h5-9,11-14,21-22,26,29,33-34,42,44H,10,15-20,23-25,27H2,1-4H3/t29?,33-,34-,36-,37+,38+,39-,40-/m1/s1. The second-order valence-corrected chi connectivity index (χ2v) is 18.0. The smallest absolute Gasteiger partial charge is 0.211 e. The number of carbonyl (C=O) groups is 1. The Hall–Kier alpha value is -2.62. The molecule has 0 saturated heterocycles. The molecule has 2 aromatic rings. The van der Waals surface area contributed by atoms with E-state index in [0.717, 1.165) is 42.4 Å². The lowest BCUT2D eigenvalue weighted by Gasteiger charge is -2.71. The monoisotopic (exact) mass is 673 g/mol. The van der Waals surface area contributed by atoms with Crippen molar-refractivity contribution in [2.24, 2.45) is 33.5 Å². The largest absolute Gasteiger partial charge is 0.393 e. The molecule has 258 valence electrons. The van der Waals surface area contributed by atoms with Crippen LogP contribution in [0.5, 0.6) is 0 Å². The van der Waals surface area contributed by atoms with Crippen molar-refractivity contribution in [3.8, 4) is 11.1 Å². The van der Waals surface area contributed by atoms with Crippen molar-refractivity contribution in [1.29, 1.82) is 0 Å². The van der Waals surface area contributed by atoms with Crippen molar-refractivity contribution in [3.63, 3.8) is 0 Å². The highest BCUT2D eigenvalue weighted by atomic mass is 32.2. The summed E-state index contributed by atoms with van der Waals surface area (Å²) in [5.41, 5.74) is 0.264. The minimum atomic E-state index is -3.58. The van der Waals surface area contributed by atoms with E-state index >= 15 is 4.79 Å². The number of benzene rings is 2. The van der Waals surface area contributed by atoms with Gasteiger partial charge in [-0.05, 0) is 79.7 Å². The Balaban J connectivity index is 1.36. The van der Waals surface area contributed by atoms with Gasteiger partial charge in [-0.3, -0.25) is 4.79 Å². The number of hydrogen-bond donors (Lipinski definition) is 2. The molecule has 0 aliphatic heterocycles. The molecule has 8 rings (SSSR count). The quantitative estimate of drug-likeness (QED) is 0.171. The Morgan fingerprint density at radius 1 is 0.938 bits per heavy atom. The van der Waals surface area contributed by atoms with E-state index in [2.05, 4.69) is 32.1 Å². The zero-order chi connectivity index (χ0) is 34.2. The van der Waals surface area contributed by atoms with Crippen LogP contribution in [0.25, 0.3) is 11.1 Å². The van der Waals surface area contributed by atoms with E-state index in [9.17, 15) is 18.6 Å². The lowest BCUT2D eigenvalue weighted by atomic mass is 9.32. The normalized spacial score (nSPS) is 38.3. The molecule has 2 bridgehead atoms. The average Bonchev–Trinajstić information content (AvgIpc) is 3.34. The molecule has 3 fully saturated rings. The molecule has 2 aromatic carbocycles. The molecule has 8 heteroatoms. The second-order valence-electron chi connectivity index (χ2n) is 16.0. The van der Waals surface area contributed by atoms with Gasteiger partial charge in [0.1, 0.15) is 0 Å². The molecule has 0 amide bonds. The van der Waals surface area contributed by atoms with E-state index in [-0.39, 0.29) is 36.1 Å². The highest BCUT2D eigenvalue weighted by Crippen LogP contribution is 2.78. The van der Waals surface area contributed by atoms with Crippen LogP contribution in [0.1, 0.15) is 75.6 Å². The number of aliphatic hydroxyl groups excluding tert-OH is 1. The Kier molecular flexibility index (Phi) is 8.27. The molecule has 48 heavy (non-hydrogen) atoms. The highest BCUT2D eigenvalue weighted by molar-refractivity contribution is 7.88. The number of allylic oxidation sites excluding steroid dienone is 4. The van der Waals surface area contributed by atoms with Crippen molar-refractivity contribution in [2.45, 2.75) is 76.9 Å². The van der Waals surface area contributed by atoms with Crippen LogP contribution in [-0.4, -0.2) is 73.5 Å². The topological polar surface area (TPSA) is 104 Å². The molecule has 8 atom stereocenters. The van der Waals surface area contributed by atoms with Gasteiger partial charge in [0.25, 0.3) is 0 Å². The van der Waals surface area contributed by atoms with Crippen molar-refractivity contribution >= 4 is 15.8 Å². The van der Waals surface area contributed by atoms with Crippen LogP contribution in [0.4, 0.5) is 0 Å². The zero-order valence-corrected chi connectivity index (χ0v) is 29.6. The summed E-state index contributed by atoms with van der Waals surface area (Å²) in [5.74, 6) is 0.109. The van der Waals surface area contributed by atoms with Crippen LogP contribution < -0.4 is 0 Å². The van der Waals surface area contributed by atoms with Crippen LogP contribution >= 0.6 is 0 Å². The average molecular weight is 674 g/mol. The number of fused-ring (bicyclic) bond motifs is 1. The maximum atomic E-state index is 15.3. The maximum absolute atomic E-state index is 15.3. The number of rotatable bonds is 10. The summed E-state index contributed by atoms with van der Waals surface area (Å²) in [6.07, 6.45) is 13.2. The molecular weight excluding hydrogens is 623 g/mol. The molecular formula is C40H51NO6S. The number of carbonyl (C=O) groups excluding carboxylic acids is 1. The number of hydrogen-bond acceptors (Lipinski definition) is 6. The third-order valence-electron chi connectivity index (χ3n) is 13.9. The van der Waals surface area contributed by atoms with Crippen LogP contribution in [0.2, 0.25) is 0 Å². The highest BCUT2D eigenvalue weighted by Gasteiger charge is 2.74. The van der Waals surface area contributed by atoms with Crippen molar-refractivity contribution < 1.29 is 28.2 Å². The summed E-state index contributed by atoms with van der Waals surface area (Å²) in [5, 5.41) is 23.8. The summed E-state index contributed by atoms with van der Waals surface area (Å²) in [6, 6.07) is 17.9. The lowest BCUT2D eigenvalue weighted by molar-refractivity contribution is -0.173. The van der Waals surface area contributed by atoms with E-state index < -0.39 is 38.0 Å². The zero-order valence-electron chi connectivity index (χ0n) is 28.8. The van der Waals surface area contributed by atoms with E-state index in [1.165, 1.54) is 10.6 Å². The van der Waals surface area contributed by atoms with E-state index in [1.54, 1.807) is 7.11 Å². The first kappa shape index (κ1) is 33.9. The molecule has 6 aliphatic rings. The van der Waals surface area contributed by atoms with Crippen LogP contribution in [0, 0.1) is 33.5 Å². The third-order valence-corrected chi connectivity index (χ3v) is 15.1. The minimum Gasteiger partial charge on any atom is -0.393 e. The Morgan fingerprint density at radius 2 is 1.60 bits per heavy atom. The lowest BCUT2D eigenvalue weighted by Crippen LogP contribution is -2.67. The summed E-state index contributed by atoms with van der Waals surface area (Å²) in [7, 11) is -1.98. The Labute approximate surface area is 286 Å². The van der Waals surface area contributed by atoms with Gasteiger partial charge in [0, 0.05) is 54.2 Å². The number of ketones is 1. The number of aliphatic hydroxyl groups is 2. The first-order valence-corrected chi connectivity index (χ1v) is 19.6. The molecule has 0 radical (unpaired) electrons. The molecule has 1 unspecified atom stereocenters. The Morgan fingerprint density at radius 3 is 2.33 bits per heavy atom. The first-order valence-electron chi connectivity index (χ1n) is 17.7. The van der Waals surface area contributed by atoms with E-state index in [4.69, 9.17) is 4.74 Å².